The van der Waals surface area contributed by atoms with Gasteiger partial charge in [-0.05, 0) is 22.9 Å². The smallest absolute Gasteiger partial charge is 0.307 e. The normalized spacial score (nSPS) is 10.3. The predicted molar refractivity (Wildman–Crippen MR) is 84.3 cm³/mol. The fourth-order valence-corrected chi connectivity index (χ4v) is 2.64. The lowest BCUT2D eigenvalue weighted by Crippen LogP contribution is -2.27. The Balaban J connectivity index is 1.81. The maximum absolute atomic E-state index is 11.7. The molecule has 0 atom stereocenters. The maximum atomic E-state index is 11.7. The summed E-state index contributed by atoms with van der Waals surface area (Å²) in [7, 11) is 1.33. The Morgan fingerprint density at radius 3 is 2.67 bits per heavy atom. The molecule has 0 radical (unpaired) electrons. The van der Waals surface area contributed by atoms with E-state index >= 15 is 0 Å². The minimum atomic E-state index is -0.322. The first-order valence-electron chi connectivity index (χ1n) is 6.64. The second-order valence-corrected chi connectivity index (χ2v) is 5.52. The number of hydrogen-bond acceptors (Lipinski definition) is 4. The summed E-state index contributed by atoms with van der Waals surface area (Å²) < 4.78 is 4.51. The topological polar surface area (TPSA) is 55.4 Å². The van der Waals surface area contributed by atoms with Crippen molar-refractivity contribution in [2.45, 2.75) is 11.3 Å². The molecule has 0 saturated carbocycles. The van der Waals surface area contributed by atoms with Gasteiger partial charge in [0.15, 0.2) is 0 Å². The van der Waals surface area contributed by atoms with Gasteiger partial charge in [-0.1, -0.05) is 30.3 Å². The standard InChI is InChI=1S/C16H17NO3S/c1-20-16(19)8-9-17-15(18)11-21-14-7-6-12-4-2-3-5-13(12)10-14/h2-7,10H,8-9,11H2,1H3,(H,17,18). The van der Waals surface area contributed by atoms with Gasteiger partial charge in [-0.15, -0.1) is 11.8 Å². The highest BCUT2D eigenvalue weighted by Gasteiger charge is 2.05. The minimum Gasteiger partial charge on any atom is -0.469 e. The highest BCUT2D eigenvalue weighted by Crippen LogP contribution is 2.23. The zero-order valence-electron chi connectivity index (χ0n) is 11.8. The molecule has 0 bridgehead atoms. The van der Waals surface area contributed by atoms with Crippen LogP contribution in [0, 0.1) is 0 Å². The summed E-state index contributed by atoms with van der Waals surface area (Å²) >= 11 is 1.48. The quantitative estimate of drug-likeness (QED) is 0.658. The van der Waals surface area contributed by atoms with Crippen LogP contribution < -0.4 is 5.32 Å². The van der Waals surface area contributed by atoms with Crippen LogP contribution in [0.3, 0.4) is 0 Å². The van der Waals surface area contributed by atoms with Crippen molar-refractivity contribution in [3.63, 3.8) is 0 Å². The number of thioether (sulfide) groups is 1. The molecule has 0 aliphatic carbocycles. The molecule has 2 rings (SSSR count). The molecule has 5 heteroatoms. The third kappa shape index (κ3) is 4.79. The van der Waals surface area contributed by atoms with Gasteiger partial charge >= 0.3 is 5.97 Å². The fourth-order valence-electron chi connectivity index (χ4n) is 1.86. The molecule has 0 spiro atoms. The van der Waals surface area contributed by atoms with Crippen LogP contribution in [-0.2, 0) is 14.3 Å². The van der Waals surface area contributed by atoms with E-state index in [0.29, 0.717) is 12.3 Å². The first kappa shape index (κ1) is 15.4. The largest absolute Gasteiger partial charge is 0.469 e. The second-order valence-electron chi connectivity index (χ2n) is 4.47. The summed E-state index contributed by atoms with van der Waals surface area (Å²) in [5.41, 5.74) is 0. The summed E-state index contributed by atoms with van der Waals surface area (Å²) in [6.45, 7) is 0.309. The molecule has 0 unspecified atom stereocenters. The molecule has 1 amide bonds. The number of benzene rings is 2. The average molecular weight is 303 g/mol. The monoisotopic (exact) mass is 303 g/mol. The van der Waals surface area contributed by atoms with Crippen molar-refractivity contribution >= 4 is 34.4 Å². The van der Waals surface area contributed by atoms with Gasteiger partial charge in [0.25, 0.3) is 0 Å². The SMILES string of the molecule is COC(=O)CCNC(=O)CSc1ccc2ccccc2c1. The zero-order valence-corrected chi connectivity index (χ0v) is 12.6. The van der Waals surface area contributed by atoms with Crippen LogP contribution in [0.2, 0.25) is 0 Å². The third-order valence-corrected chi connectivity index (χ3v) is 3.96. The Morgan fingerprint density at radius 1 is 1.14 bits per heavy atom. The molecule has 1 N–H and O–H groups in total. The Bertz CT molecular complexity index is 642. The van der Waals surface area contributed by atoms with Crippen molar-refractivity contribution < 1.29 is 14.3 Å². The van der Waals surface area contributed by atoms with Crippen LogP contribution in [0.15, 0.2) is 47.4 Å². The Hall–Kier alpha value is -2.01. The van der Waals surface area contributed by atoms with Gasteiger partial charge in [0, 0.05) is 11.4 Å². The Kier molecular flexibility index (Phi) is 5.63. The van der Waals surface area contributed by atoms with Gasteiger partial charge in [-0.25, -0.2) is 0 Å². The van der Waals surface area contributed by atoms with Crippen molar-refractivity contribution in [1.82, 2.24) is 5.32 Å². The van der Waals surface area contributed by atoms with Crippen molar-refractivity contribution in [3.8, 4) is 0 Å². The number of ether oxygens (including phenoxy) is 1. The molecule has 110 valence electrons. The zero-order chi connectivity index (χ0) is 15.1. The Morgan fingerprint density at radius 2 is 1.90 bits per heavy atom. The number of nitrogens with one attached hydrogen (secondary N) is 1. The number of methoxy groups -OCH3 is 1. The fraction of sp³-hybridized carbons (Fsp3) is 0.250. The molecule has 0 aromatic heterocycles. The molecule has 0 aliphatic heterocycles. The molecule has 21 heavy (non-hydrogen) atoms. The lowest BCUT2D eigenvalue weighted by Gasteiger charge is -2.05. The van der Waals surface area contributed by atoms with Gasteiger partial charge in [-0.3, -0.25) is 9.59 Å². The Labute approximate surface area is 127 Å². The first-order valence-corrected chi connectivity index (χ1v) is 7.63. The summed E-state index contributed by atoms with van der Waals surface area (Å²) in [6, 6.07) is 14.2. The highest BCUT2D eigenvalue weighted by molar-refractivity contribution is 8.00. The van der Waals surface area contributed by atoms with Crippen LogP contribution in [0.1, 0.15) is 6.42 Å². The highest BCUT2D eigenvalue weighted by atomic mass is 32.2. The van der Waals surface area contributed by atoms with E-state index in [0.717, 1.165) is 10.3 Å². The summed E-state index contributed by atoms with van der Waals surface area (Å²) in [4.78, 5) is 23.6. The average Bonchev–Trinajstić information content (AvgIpc) is 2.52. The van der Waals surface area contributed by atoms with Gasteiger partial charge in [-0.2, -0.15) is 0 Å². The van der Waals surface area contributed by atoms with Crippen LogP contribution in [0.25, 0.3) is 10.8 Å². The summed E-state index contributed by atoms with van der Waals surface area (Å²) in [6.07, 6.45) is 0.197. The van der Waals surface area contributed by atoms with E-state index < -0.39 is 0 Å². The van der Waals surface area contributed by atoms with E-state index in [4.69, 9.17) is 0 Å². The number of carbonyl (C=O) groups excluding carboxylic acids is 2. The molecule has 2 aromatic carbocycles. The maximum Gasteiger partial charge on any atom is 0.307 e. The van der Waals surface area contributed by atoms with Crippen molar-refractivity contribution in [2.24, 2.45) is 0 Å². The number of carbonyl (C=O) groups is 2. The molecule has 0 aliphatic rings. The van der Waals surface area contributed by atoms with E-state index in [-0.39, 0.29) is 18.3 Å². The third-order valence-electron chi connectivity index (χ3n) is 2.97. The number of fused-ring (bicyclic) bond motifs is 1. The first-order chi connectivity index (χ1) is 10.2. The minimum absolute atomic E-state index is 0.0861. The lowest BCUT2D eigenvalue weighted by molar-refractivity contribution is -0.140. The molecule has 4 nitrogen and oxygen atoms in total. The van der Waals surface area contributed by atoms with Crippen molar-refractivity contribution in [3.05, 3.63) is 42.5 Å². The molecule has 0 heterocycles. The molecule has 2 aromatic rings. The van der Waals surface area contributed by atoms with Gasteiger partial charge in [0.1, 0.15) is 0 Å². The van der Waals surface area contributed by atoms with E-state index in [1.54, 1.807) is 0 Å². The molecule has 0 saturated heterocycles. The van der Waals surface area contributed by atoms with E-state index in [1.807, 2.05) is 24.3 Å². The molecular weight excluding hydrogens is 286 g/mol. The predicted octanol–water partition coefficient (Wildman–Crippen LogP) is 2.61. The van der Waals surface area contributed by atoms with Gasteiger partial charge in [0.05, 0.1) is 19.3 Å². The van der Waals surface area contributed by atoms with Crippen LogP contribution in [0.4, 0.5) is 0 Å². The lowest BCUT2D eigenvalue weighted by atomic mass is 10.1. The van der Waals surface area contributed by atoms with Crippen LogP contribution in [0.5, 0.6) is 0 Å². The molecular formula is C16H17NO3S. The summed E-state index contributed by atoms with van der Waals surface area (Å²) in [5.74, 6) is -0.0750. The van der Waals surface area contributed by atoms with Crippen molar-refractivity contribution in [2.75, 3.05) is 19.4 Å². The van der Waals surface area contributed by atoms with Crippen LogP contribution in [-0.4, -0.2) is 31.3 Å². The molecule has 0 fully saturated rings. The number of rotatable bonds is 6. The van der Waals surface area contributed by atoms with Gasteiger partial charge < -0.3 is 10.1 Å². The summed E-state index contributed by atoms with van der Waals surface area (Å²) in [5, 5.41) is 5.04. The van der Waals surface area contributed by atoms with E-state index in [1.165, 1.54) is 24.3 Å². The second kappa shape index (κ2) is 7.69. The van der Waals surface area contributed by atoms with Gasteiger partial charge in [0.2, 0.25) is 5.91 Å². The van der Waals surface area contributed by atoms with Crippen LogP contribution >= 0.6 is 11.8 Å². The number of esters is 1. The van der Waals surface area contributed by atoms with E-state index in [2.05, 4.69) is 28.3 Å². The van der Waals surface area contributed by atoms with Crippen molar-refractivity contribution in [1.29, 1.82) is 0 Å². The number of amides is 1. The van der Waals surface area contributed by atoms with E-state index in [9.17, 15) is 9.59 Å². The number of hydrogen-bond donors (Lipinski definition) is 1.